The third kappa shape index (κ3) is 14.1. The maximum atomic E-state index is 10.7. The van der Waals surface area contributed by atoms with E-state index in [1.165, 1.54) is 19.3 Å². The van der Waals surface area contributed by atoms with Gasteiger partial charge in [-0.15, -0.1) is 0 Å². The quantitative estimate of drug-likeness (QED) is 0.562. The van der Waals surface area contributed by atoms with Gasteiger partial charge in [0.05, 0.1) is 11.4 Å². The topological polar surface area (TPSA) is 69.4 Å². The van der Waals surface area contributed by atoms with Crippen molar-refractivity contribution in [3.05, 3.63) is 0 Å². The largest absolute Gasteiger partial charge is 0.376 e. The van der Waals surface area contributed by atoms with E-state index in [0.29, 0.717) is 6.42 Å². The van der Waals surface area contributed by atoms with Crippen LogP contribution in [0.1, 0.15) is 72.1 Å². The maximum absolute atomic E-state index is 10.7. The molecule has 19 heavy (non-hydrogen) atoms. The van der Waals surface area contributed by atoms with Gasteiger partial charge >= 0.3 is 0 Å². The zero-order chi connectivity index (χ0) is 14.8. The summed E-state index contributed by atoms with van der Waals surface area (Å²) in [4.78, 5) is 0. The summed E-state index contributed by atoms with van der Waals surface area (Å²) in [5.74, 6) is 0.118. The number of unbranched alkanes of at least 4 members (excludes halogenated alkanes) is 6. The van der Waals surface area contributed by atoms with Crippen LogP contribution in [0.2, 0.25) is 0 Å². The molecule has 0 saturated carbocycles. The van der Waals surface area contributed by atoms with Gasteiger partial charge in [0.2, 0.25) is 10.0 Å². The van der Waals surface area contributed by atoms with Crippen molar-refractivity contribution in [3.63, 3.8) is 0 Å². The number of ether oxygens (including phenoxy) is 1. The number of nitrogens with two attached hydrogens (primary N) is 1. The molecule has 0 fully saturated rings. The third-order valence-electron chi connectivity index (χ3n) is 3.42. The van der Waals surface area contributed by atoms with E-state index < -0.39 is 10.0 Å². The fourth-order valence-corrected chi connectivity index (χ4v) is 2.35. The first-order chi connectivity index (χ1) is 8.77. The van der Waals surface area contributed by atoms with Crippen LogP contribution in [-0.2, 0) is 14.8 Å². The van der Waals surface area contributed by atoms with Crippen LogP contribution in [0.4, 0.5) is 0 Å². The third-order valence-corrected chi connectivity index (χ3v) is 4.28. The van der Waals surface area contributed by atoms with Gasteiger partial charge in [-0.25, -0.2) is 13.6 Å². The van der Waals surface area contributed by atoms with E-state index in [-0.39, 0.29) is 11.4 Å². The molecule has 0 aliphatic heterocycles. The average Bonchev–Trinajstić information content (AvgIpc) is 2.30. The first-order valence-electron chi connectivity index (χ1n) is 7.41. The van der Waals surface area contributed by atoms with E-state index in [0.717, 1.165) is 32.3 Å². The van der Waals surface area contributed by atoms with Crippen LogP contribution in [0.15, 0.2) is 0 Å². The van der Waals surface area contributed by atoms with Crippen molar-refractivity contribution in [1.82, 2.24) is 0 Å². The molecule has 0 rings (SSSR count). The second-order valence-electron chi connectivity index (χ2n) is 5.80. The Balaban J connectivity index is 3.24. The predicted molar refractivity (Wildman–Crippen MR) is 80.6 cm³/mol. The number of hydrogen-bond acceptors (Lipinski definition) is 3. The van der Waals surface area contributed by atoms with Crippen LogP contribution < -0.4 is 5.14 Å². The Hall–Kier alpha value is -0.130. The second-order valence-corrected chi connectivity index (χ2v) is 7.54. The summed E-state index contributed by atoms with van der Waals surface area (Å²) in [7, 11) is -3.26. The number of hydrogen-bond donors (Lipinski definition) is 1. The van der Waals surface area contributed by atoms with Crippen molar-refractivity contribution in [2.24, 2.45) is 5.14 Å². The van der Waals surface area contributed by atoms with Gasteiger partial charge in [0.1, 0.15) is 0 Å². The molecule has 0 aromatic rings. The molecule has 0 amide bonds. The molecule has 4 nitrogen and oxygen atoms in total. The summed E-state index contributed by atoms with van der Waals surface area (Å²) in [5, 5.41) is 4.94. The predicted octanol–water partition coefficient (Wildman–Crippen LogP) is 3.21. The van der Waals surface area contributed by atoms with Gasteiger partial charge in [-0.3, -0.25) is 0 Å². The molecule has 2 N–H and O–H groups in total. The van der Waals surface area contributed by atoms with Gasteiger partial charge < -0.3 is 4.74 Å². The molecule has 0 saturated heterocycles. The SMILES string of the molecule is CCC(C)(C)OCCCCCCCCCS(N)(=O)=O. The molecule has 0 aromatic carbocycles. The number of sulfonamides is 1. The van der Waals surface area contributed by atoms with Crippen molar-refractivity contribution in [2.75, 3.05) is 12.4 Å². The molecule has 0 bridgehead atoms. The summed E-state index contributed by atoms with van der Waals surface area (Å²) in [6.45, 7) is 7.23. The lowest BCUT2D eigenvalue weighted by Crippen LogP contribution is -2.23. The lowest BCUT2D eigenvalue weighted by Gasteiger charge is -2.23. The molecule has 0 spiro atoms. The van der Waals surface area contributed by atoms with Crippen LogP contribution in [0.3, 0.4) is 0 Å². The van der Waals surface area contributed by atoms with Crippen LogP contribution >= 0.6 is 0 Å². The lowest BCUT2D eigenvalue weighted by molar-refractivity contribution is -0.0216. The van der Waals surface area contributed by atoms with Crippen molar-refractivity contribution >= 4 is 10.0 Å². The minimum Gasteiger partial charge on any atom is -0.376 e. The van der Waals surface area contributed by atoms with Crippen molar-refractivity contribution in [3.8, 4) is 0 Å². The molecule has 0 unspecified atom stereocenters. The van der Waals surface area contributed by atoms with E-state index in [1.54, 1.807) is 0 Å². The molecule has 5 heteroatoms. The molecular formula is C14H31NO3S. The Morgan fingerprint density at radius 1 is 0.947 bits per heavy atom. The molecule has 0 aliphatic rings. The number of primary sulfonamides is 1. The first kappa shape index (κ1) is 18.9. The Labute approximate surface area is 119 Å². The van der Waals surface area contributed by atoms with Crippen molar-refractivity contribution in [2.45, 2.75) is 77.7 Å². The zero-order valence-corrected chi connectivity index (χ0v) is 13.6. The Morgan fingerprint density at radius 2 is 1.42 bits per heavy atom. The van der Waals surface area contributed by atoms with Gasteiger partial charge in [-0.2, -0.15) is 0 Å². The van der Waals surface area contributed by atoms with E-state index in [4.69, 9.17) is 9.88 Å². The smallest absolute Gasteiger partial charge is 0.209 e. The van der Waals surface area contributed by atoms with Gasteiger partial charge in [-0.1, -0.05) is 39.0 Å². The fraction of sp³-hybridized carbons (Fsp3) is 1.00. The average molecular weight is 293 g/mol. The maximum Gasteiger partial charge on any atom is 0.209 e. The van der Waals surface area contributed by atoms with E-state index >= 15 is 0 Å². The highest BCUT2D eigenvalue weighted by Gasteiger charge is 2.14. The highest BCUT2D eigenvalue weighted by atomic mass is 32.2. The van der Waals surface area contributed by atoms with Crippen molar-refractivity contribution in [1.29, 1.82) is 0 Å². The molecule has 0 radical (unpaired) electrons. The summed E-state index contributed by atoms with van der Waals surface area (Å²) >= 11 is 0. The minimum absolute atomic E-state index is 0.00765. The van der Waals surface area contributed by atoms with Gasteiger partial charge in [0, 0.05) is 6.61 Å². The molecule has 0 aliphatic carbocycles. The lowest BCUT2D eigenvalue weighted by atomic mass is 10.1. The highest BCUT2D eigenvalue weighted by Crippen LogP contribution is 2.15. The summed E-state index contributed by atoms with van der Waals surface area (Å²) in [6.07, 6.45) is 8.44. The molecule has 0 atom stereocenters. The first-order valence-corrected chi connectivity index (χ1v) is 9.13. The Kier molecular flexibility index (Phi) is 9.66. The summed E-state index contributed by atoms with van der Waals surface area (Å²) < 4.78 is 27.2. The number of rotatable bonds is 12. The Morgan fingerprint density at radius 3 is 1.89 bits per heavy atom. The van der Waals surface area contributed by atoms with Gasteiger partial charge in [0.15, 0.2) is 0 Å². The minimum atomic E-state index is -3.26. The molecular weight excluding hydrogens is 262 g/mol. The van der Waals surface area contributed by atoms with Crippen molar-refractivity contribution < 1.29 is 13.2 Å². The fourth-order valence-electron chi connectivity index (χ4n) is 1.74. The van der Waals surface area contributed by atoms with Gasteiger partial charge in [-0.05, 0) is 33.1 Å². The second kappa shape index (κ2) is 9.72. The molecule has 0 heterocycles. The zero-order valence-electron chi connectivity index (χ0n) is 12.8. The highest BCUT2D eigenvalue weighted by molar-refractivity contribution is 7.89. The summed E-state index contributed by atoms with van der Waals surface area (Å²) in [6, 6.07) is 0. The molecule has 0 aromatic heterocycles. The van der Waals surface area contributed by atoms with Crippen LogP contribution in [0, 0.1) is 0 Å². The Bertz CT molecular complexity index is 313. The molecule has 116 valence electrons. The van der Waals surface area contributed by atoms with Gasteiger partial charge in [0.25, 0.3) is 0 Å². The van der Waals surface area contributed by atoms with E-state index in [2.05, 4.69) is 20.8 Å². The van der Waals surface area contributed by atoms with Crippen LogP contribution in [-0.4, -0.2) is 26.4 Å². The van der Waals surface area contributed by atoms with E-state index in [1.807, 2.05) is 0 Å². The standard InChI is InChI=1S/C14H31NO3S/c1-4-14(2,3)18-12-10-8-6-5-7-9-11-13-19(15,16)17/h4-13H2,1-3H3,(H2,15,16,17). The van der Waals surface area contributed by atoms with Crippen LogP contribution in [0.5, 0.6) is 0 Å². The van der Waals surface area contributed by atoms with E-state index in [9.17, 15) is 8.42 Å². The summed E-state index contributed by atoms with van der Waals surface area (Å²) in [5.41, 5.74) is 0.00765. The monoisotopic (exact) mass is 293 g/mol. The normalized spacial score (nSPS) is 12.8. The van der Waals surface area contributed by atoms with Crippen LogP contribution in [0.25, 0.3) is 0 Å².